The number of esters is 2. The lowest BCUT2D eigenvalue weighted by Gasteiger charge is -2.42. The summed E-state index contributed by atoms with van der Waals surface area (Å²) in [5.41, 5.74) is 0. The van der Waals surface area contributed by atoms with E-state index in [0.29, 0.717) is 12.8 Å². The molecule has 57 heavy (non-hydrogen) atoms. The monoisotopic (exact) mass is 833 g/mol. The second-order valence-electron chi connectivity index (χ2n) is 15.9. The van der Waals surface area contributed by atoms with Gasteiger partial charge < -0.3 is 34.8 Å². The average molecular weight is 833 g/mol. The van der Waals surface area contributed by atoms with E-state index in [9.17, 15) is 39.5 Å². The molecule has 0 aromatic rings. The molecule has 8 atom stereocenters. The first-order valence-corrected chi connectivity index (χ1v) is 24.0. The highest BCUT2D eigenvalue weighted by Gasteiger charge is 2.50. The minimum atomic E-state index is -5.03. The van der Waals surface area contributed by atoms with Crippen molar-refractivity contribution in [2.75, 3.05) is 13.2 Å². The molecule has 0 radical (unpaired) electrons. The molecule has 1 saturated carbocycles. The molecule has 0 heterocycles. The highest BCUT2D eigenvalue weighted by Crippen LogP contribution is 2.47. The summed E-state index contributed by atoms with van der Waals surface area (Å²) in [6, 6.07) is 0. The van der Waals surface area contributed by atoms with Gasteiger partial charge in [-0.05, 0) is 44.9 Å². The number of allylic oxidation sites excluding steroid dienone is 4. The Morgan fingerprint density at radius 2 is 1.00 bits per heavy atom. The van der Waals surface area contributed by atoms with Gasteiger partial charge in [0.25, 0.3) is 0 Å². The third-order valence-electron chi connectivity index (χ3n) is 10.7. The summed E-state index contributed by atoms with van der Waals surface area (Å²) < 4.78 is 33.7. The zero-order chi connectivity index (χ0) is 42.2. The number of carbonyl (C=O) groups is 2. The number of rotatable bonds is 36. The summed E-state index contributed by atoms with van der Waals surface area (Å²) in [6.07, 6.45) is 26.2. The van der Waals surface area contributed by atoms with Crippen molar-refractivity contribution in [3.05, 3.63) is 24.3 Å². The van der Waals surface area contributed by atoms with Crippen molar-refractivity contribution in [1.29, 1.82) is 0 Å². The first-order chi connectivity index (χ1) is 27.4. The fraction of sp³-hybridized carbons (Fsp3) is 0.864. The van der Waals surface area contributed by atoms with E-state index in [-0.39, 0.29) is 12.8 Å². The van der Waals surface area contributed by atoms with Gasteiger partial charge >= 0.3 is 19.8 Å². The van der Waals surface area contributed by atoms with Crippen LogP contribution in [0, 0.1) is 5.92 Å². The number of phosphoric acid groups is 1. The molecule has 1 aliphatic carbocycles. The molecule has 12 nitrogen and oxygen atoms in total. The Morgan fingerprint density at radius 1 is 0.579 bits per heavy atom. The summed E-state index contributed by atoms with van der Waals surface area (Å²) in [7, 11) is -5.03. The fourth-order valence-corrected chi connectivity index (χ4v) is 7.86. The molecule has 0 amide bonds. The lowest BCUT2D eigenvalue weighted by molar-refractivity contribution is -0.197. The summed E-state index contributed by atoms with van der Waals surface area (Å²) in [6.45, 7) is 4.75. The first-order valence-electron chi connectivity index (χ1n) is 22.5. The lowest BCUT2D eigenvalue weighted by atomic mass is 9.80. The van der Waals surface area contributed by atoms with Crippen molar-refractivity contribution < 1.29 is 58.0 Å². The predicted molar refractivity (Wildman–Crippen MR) is 224 cm³/mol. The number of ether oxygens (including phenoxy) is 2. The van der Waals surface area contributed by atoms with E-state index in [1.165, 1.54) is 84.0 Å². The van der Waals surface area contributed by atoms with Crippen LogP contribution in [0.1, 0.15) is 188 Å². The molecule has 0 spiro atoms. The standard InChI is InChI=1S/C44H81O12P/c1-4-6-8-10-12-14-16-18-19-21-23-25-27-29-31-33-39(46)55-37(35-54-57(51,52)56-44-42(49)40(47)36(3)41(48)43(44)50)34-53-38(45)32-30-28-26-24-22-20-17-15-13-11-9-7-5-2/h12,14,18-19,36-37,40-44,47-50H,4-11,13,15-17,20-35H2,1-3H3,(H,51,52)/b14-12-,19-18-/t36?,37-,40-,41?,42?,43?,44?/m1/s1. The Morgan fingerprint density at radius 3 is 1.51 bits per heavy atom. The van der Waals surface area contributed by atoms with E-state index in [4.69, 9.17) is 18.5 Å². The Kier molecular flexibility index (Phi) is 32.0. The Balaban J connectivity index is 2.49. The zero-order valence-corrected chi connectivity index (χ0v) is 36.6. The molecule has 1 fully saturated rings. The number of hydrogen-bond acceptors (Lipinski definition) is 11. The van der Waals surface area contributed by atoms with E-state index in [1.54, 1.807) is 0 Å². The highest BCUT2D eigenvalue weighted by molar-refractivity contribution is 7.47. The van der Waals surface area contributed by atoms with Crippen molar-refractivity contribution >= 4 is 19.8 Å². The largest absolute Gasteiger partial charge is 0.472 e. The zero-order valence-electron chi connectivity index (χ0n) is 35.7. The van der Waals surface area contributed by atoms with Crippen LogP contribution in [0.5, 0.6) is 0 Å². The normalized spacial score (nSPS) is 22.9. The number of carbonyl (C=O) groups excluding carboxylic acids is 2. The molecular formula is C44H81O12P. The summed E-state index contributed by atoms with van der Waals surface area (Å²) in [5, 5.41) is 41.1. The maximum Gasteiger partial charge on any atom is 0.472 e. The van der Waals surface area contributed by atoms with Crippen LogP contribution in [-0.2, 0) is 32.7 Å². The van der Waals surface area contributed by atoms with Gasteiger partial charge in [-0.3, -0.25) is 18.6 Å². The quantitative estimate of drug-likeness (QED) is 0.0174. The van der Waals surface area contributed by atoms with Gasteiger partial charge in [0.2, 0.25) is 0 Å². The number of unbranched alkanes of at least 4 members (excludes halogenated alkanes) is 20. The van der Waals surface area contributed by atoms with Crippen molar-refractivity contribution in [3.8, 4) is 0 Å². The van der Waals surface area contributed by atoms with Crippen molar-refractivity contribution in [2.24, 2.45) is 5.92 Å². The third kappa shape index (κ3) is 27.0. The highest BCUT2D eigenvalue weighted by atomic mass is 31.2. The average Bonchev–Trinajstić information content (AvgIpc) is 3.19. The van der Waals surface area contributed by atoms with Crippen LogP contribution in [0.4, 0.5) is 0 Å². The lowest BCUT2D eigenvalue weighted by Crippen LogP contribution is -2.60. The van der Waals surface area contributed by atoms with Crippen LogP contribution in [0.2, 0.25) is 0 Å². The molecule has 0 aliphatic heterocycles. The molecule has 0 aromatic carbocycles. The number of hydrogen-bond donors (Lipinski definition) is 5. The molecule has 6 unspecified atom stereocenters. The van der Waals surface area contributed by atoms with E-state index < -0.39 is 75.5 Å². The molecule has 0 saturated heterocycles. The molecule has 1 rings (SSSR count). The van der Waals surface area contributed by atoms with Crippen molar-refractivity contribution in [2.45, 2.75) is 224 Å². The van der Waals surface area contributed by atoms with Crippen LogP contribution < -0.4 is 0 Å². The van der Waals surface area contributed by atoms with E-state index in [0.717, 1.165) is 64.2 Å². The smallest absolute Gasteiger partial charge is 0.462 e. The second kappa shape index (κ2) is 34.1. The number of aliphatic hydroxyl groups is 4. The van der Waals surface area contributed by atoms with Crippen LogP contribution in [0.15, 0.2) is 24.3 Å². The van der Waals surface area contributed by atoms with Gasteiger partial charge in [0.1, 0.15) is 24.9 Å². The molecule has 0 aromatic heterocycles. The topological polar surface area (TPSA) is 189 Å². The van der Waals surface area contributed by atoms with E-state index >= 15 is 0 Å². The molecule has 334 valence electrons. The van der Waals surface area contributed by atoms with Gasteiger partial charge in [0, 0.05) is 18.8 Å². The van der Waals surface area contributed by atoms with Crippen LogP contribution in [-0.4, -0.2) is 87.1 Å². The molecule has 13 heteroatoms. The van der Waals surface area contributed by atoms with Crippen LogP contribution in [0.3, 0.4) is 0 Å². The van der Waals surface area contributed by atoms with Gasteiger partial charge in [0.15, 0.2) is 6.10 Å². The fourth-order valence-electron chi connectivity index (χ4n) is 6.89. The van der Waals surface area contributed by atoms with E-state index in [2.05, 4.69) is 38.2 Å². The van der Waals surface area contributed by atoms with Crippen molar-refractivity contribution in [1.82, 2.24) is 0 Å². The molecule has 0 bridgehead atoms. The molecule has 5 N–H and O–H groups in total. The summed E-state index contributed by atoms with van der Waals surface area (Å²) in [5.74, 6) is -1.98. The van der Waals surface area contributed by atoms with Gasteiger partial charge in [-0.2, -0.15) is 0 Å². The SMILES string of the molecule is CCCCC/C=C\C/C=C\CCCCCCCC(=O)O[C@H](COC(=O)CCCCCCCCCCCCCCC)COP(=O)(O)OC1C(O)C(O)C(C)[C@@H](O)C1O. The summed E-state index contributed by atoms with van der Waals surface area (Å²) >= 11 is 0. The van der Waals surface area contributed by atoms with Gasteiger partial charge in [-0.15, -0.1) is 0 Å². The number of aliphatic hydroxyl groups excluding tert-OH is 4. The van der Waals surface area contributed by atoms with Gasteiger partial charge in [0.05, 0.1) is 18.8 Å². The van der Waals surface area contributed by atoms with Gasteiger partial charge in [-0.25, -0.2) is 4.57 Å². The minimum Gasteiger partial charge on any atom is -0.462 e. The van der Waals surface area contributed by atoms with Crippen LogP contribution in [0.25, 0.3) is 0 Å². The first kappa shape index (κ1) is 53.4. The Hall–Kier alpha value is -1.63. The maximum atomic E-state index is 12.8. The second-order valence-corrected chi connectivity index (χ2v) is 17.3. The van der Waals surface area contributed by atoms with E-state index in [1.807, 2.05) is 0 Å². The van der Waals surface area contributed by atoms with Crippen molar-refractivity contribution in [3.63, 3.8) is 0 Å². The Labute approximate surface area is 344 Å². The third-order valence-corrected chi connectivity index (χ3v) is 11.7. The maximum absolute atomic E-state index is 12.8. The number of phosphoric ester groups is 1. The summed E-state index contributed by atoms with van der Waals surface area (Å²) in [4.78, 5) is 35.7. The molecular weight excluding hydrogens is 751 g/mol. The Bertz CT molecular complexity index is 1100. The minimum absolute atomic E-state index is 0.107. The molecule has 1 aliphatic rings. The van der Waals surface area contributed by atoms with Crippen LogP contribution >= 0.6 is 7.82 Å². The van der Waals surface area contributed by atoms with Gasteiger partial charge in [-0.1, -0.05) is 154 Å². The predicted octanol–water partition coefficient (Wildman–Crippen LogP) is 9.33.